The molecule has 6 heteroatoms. The van der Waals surface area contributed by atoms with Crippen molar-refractivity contribution in [3.8, 4) is 0 Å². The molecule has 1 saturated carbocycles. The van der Waals surface area contributed by atoms with Crippen LogP contribution in [0, 0.1) is 0 Å². The minimum atomic E-state index is -0.193. The average molecular weight is 316 g/mol. The zero-order chi connectivity index (χ0) is 16.1. The van der Waals surface area contributed by atoms with E-state index in [2.05, 4.69) is 27.7 Å². The van der Waals surface area contributed by atoms with Crippen molar-refractivity contribution in [1.82, 2.24) is 20.7 Å². The van der Waals surface area contributed by atoms with Gasteiger partial charge in [0, 0.05) is 18.7 Å². The van der Waals surface area contributed by atoms with Gasteiger partial charge in [-0.2, -0.15) is 15.4 Å². The lowest BCUT2D eigenvalue weighted by Crippen LogP contribution is -2.46. The van der Waals surface area contributed by atoms with Gasteiger partial charge in [-0.1, -0.05) is 26.2 Å². The van der Waals surface area contributed by atoms with Crippen molar-refractivity contribution in [2.75, 3.05) is 13.2 Å². The molecule has 1 aromatic heterocycles. The number of aromatic amines is 1. The first-order chi connectivity index (χ1) is 11.2. The van der Waals surface area contributed by atoms with Gasteiger partial charge in [0.15, 0.2) is 0 Å². The number of rotatable bonds is 6. The molecule has 2 N–H and O–H groups in total. The fraction of sp³-hybridized carbons (Fsp3) is 0.588. The summed E-state index contributed by atoms with van der Waals surface area (Å²) in [4.78, 5) is 12.4. The zero-order valence-corrected chi connectivity index (χ0v) is 13.6. The van der Waals surface area contributed by atoms with Crippen molar-refractivity contribution < 1.29 is 9.53 Å². The second-order valence-corrected chi connectivity index (χ2v) is 6.30. The molecule has 3 rings (SSSR count). The van der Waals surface area contributed by atoms with Crippen LogP contribution in [0.5, 0.6) is 0 Å². The minimum absolute atomic E-state index is 0.0834. The standard InChI is InChI=1S/C17H24N4O2/c1-2-10-23-17(8-4-3-5-9-17)12-18-16(22)13-6-7-14-15(11-13)20-21-19-14/h6-7,11H,2-5,8-10,12H2,1H3,(H,18,22)(H,19,20,21). The van der Waals surface area contributed by atoms with Crippen LogP contribution in [0.2, 0.25) is 0 Å². The van der Waals surface area contributed by atoms with E-state index in [0.717, 1.165) is 31.4 Å². The van der Waals surface area contributed by atoms with E-state index in [0.29, 0.717) is 17.6 Å². The predicted octanol–water partition coefficient (Wildman–Crippen LogP) is 2.82. The molecule has 0 atom stereocenters. The van der Waals surface area contributed by atoms with Crippen LogP contribution < -0.4 is 5.32 Å². The Morgan fingerprint density at radius 1 is 1.26 bits per heavy atom. The number of carbonyl (C=O) groups excluding carboxylic acids is 1. The van der Waals surface area contributed by atoms with Crippen LogP contribution in [0.25, 0.3) is 11.0 Å². The summed E-state index contributed by atoms with van der Waals surface area (Å²) in [7, 11) is 0. The molecule has 1 aliphatic rings. The number of fused-ring (bicyclic) bond motifs is 1. The van der Waals surface area contributed by atoms with Crippen molar-refractivity contribution in [3.05, 3.63) is 23.8 Å². The third kappa shape index (κ3) is 3.69. The maximum atomic E-state index is 12.4. The third-order valence-corrected chi connectivity index (χ3v) is 4.53. The van der Waals surface area contributed by atoms with Gasteiger partial charge >= 0.3 is 0 Å². The van der Waals surface area contributed by atoms with Gasteiger partial charge in [0.25, 0.3) is 5.91 Å². The van der Waals surface area contributed by atoms with Gasteiger partial charge < -0.3 is 10.1 Å². The summed E-state index contributed by atoms with van der Waals surface area (Å²) in [6.45, 7) is 3.44. The van der Waals surface area contributed by atoms with Crippen LogP contribution >= 0.6 is 0 Å². The lowest BCUT2D eigenvalue weighted by atomic mass is 9.84. The van der Waals surface area contributed by atoms with Gasteiger partial charge in [-0.3, -0.25) is 4.79 Å². The SMILES string of the molecule is CCCOC1(CNC(=O)c2ccc3n[nH]nc3c2)CCCCC1. The molecule has 2 aromatic rings. The summed E-state index contributed by atoms with van der Waals surface area (Å²) in [6, 6.07) is 5.34. The minimum Gasteiger partial charge on any atom is -0.373 e. The Bertz CT molecular complexity index is 661. The smallest absolute Gasteiger partial charge is 0.251 e. The number of aromatic nitrogens is 3. The number of benzene rings is 1. The van der Waals surface area contributed by atoms with E-state index in [1.54, 1.807) is 18.2 Å². The van der Waals surface area contributed by atoms with Crippen LogP contribution in [0.1, 0.15) is 55.8 Å². The molecule has 6 nitrogen and oxygen atoms in total. The molecule has 1 aliphatic carbocycles. The molecule has 23 heavy (non-hydrogen) atoms. The largest absolute Gasteiger partial charge is 0.373 e. The van der Waals surface area contributed by atoms with Gasteiger partial charge in [-0.25, -0.2) is 0 Å². The van der Waals surface area contributed by atoms with Crippen molar-refractivity contribution in [2.45, 2.75) is 51.0 Å². The second kappa shape index (κ2) is 7.08. The van der Waals surface area contributed by atoms with Crippen LogP contribution in [0.3, 0.4) is 0 Å². The number of carbonyl (C=O) groups is 1. The normalized spacial score (nSPS) is 17.3. The molecule has 124 valence electrons. The highest BCUT2D eigenvalue weighted by Crippen LogP contribution is 2.31. The monoisotopic (exact) mass is 316 g/mol. The van der Waals surface area contributed by atoms with Gasteiger partial charge in [0.05, 0.1) is 5.60 Å². The Morgan fingerprint density at radius 3 is 2.83 bits per heavy atom. The summed E-state index contributed by atoms with van der Waals surface area (Å²) in [6.07, 6.45) is 6.65. The predicted molar refractivity (Wildman–Crippen MR) is 88.3 cm³/mol. The maximum Gasteiger partial charge on any atom is 0.251 e. The van der Waals surface area contributed by atoms with Crippen LogP contribution in [-0.4, -0.2) is 40.1 Å². The van der Waals surface area contributed by atoms with E-state index in [4.69, 9.17) is 4.74 Å². The maximum absolute atomic E-state index is 12.4. The van der Waals surface area contributed by atoms with Crippen LogP contribution in [0.4, 0.5) is 0 Å². The Morgan fingerprint density at radius 2 is 2.04 bits per heavy atom. The number of hydrogen-bond donors (Lipinski definition) is 2. The van der Waals surface area contributed by atoms with E-state index in [9.17, 15) is 4.79 Å². The fourth-order valence-electron chi connectivity index (χ4n) is 3.21. The fourth-order valence-corrected chi connectivity index (χ4v) is 3.21. The van der Waals surface area contributed by atoms with Crippen molar-refractivity contribution in [1.29, 1.82) is 0 Å². The van der Waals surface area contributed by atoms with E-state index in [1.165, 1.54) is 19.3 Å². The topological polar surface area (TPSA) is 79.9 Å². The zero-order valence-electron chi connectivity index (χ0n) is 13.6. The molecule has 0 radical (unpaired) electrons. The van der Waals surface area contributed by atoms with Crippen molar-refractivity contribution >= 4 is 16.9 Å². The second-order valence-electron chi connectivity index (χ2n) is 6.30. The summed E-state index contributed by atoms with van der Waals surface area (Å²) in [5, 5.41) is 13.6. The number of nitrogens with one attached hydrogen (secondary N) is 2. The summed E-state index contributed by atoms with van der Waals surface area (Å²) in [5.41, 5.74) is 1.87. The van der Waals surface area contributed by atoms with E-state index in [1.807, 2.05) is 0 Å². The first-order valence-electron chi connectivity index (χ1n) is 8.45. The lowest BCUT2D eigenvalue weighted by Gasteiger charge is -2.37. The molecule has 0 unspecified atom stereocenters. The molecular weight excluding hydrogens is 292 g/mol. The highest BCUT2D eigenvalue weighted by Gasteiger charge is 2.33. The number of hydrogen-bond acceptors (Lipinski definition) is 4. The van der Waals surface area contributed by atoms with Gasteiger partial charge in [0.1, 0.15) is 11.0 Å². The highest BCUT2D eigenvalue weighted by atomic mass is 16.5. The van der Waals surface area contributed by atoms with Gasteiger partial charge in [-0.15, -0.1) is 0 Å². The van der Waals surface area contributed by atoms with Crippen LogP contribution in [0.15, 0.2) is 18.2 Å². The molecule has 0 bridgehead atoms. The number of nitrogens with zero attached hydrogens (tertiary/aromatic N) is 2. The Hall–Kier alpha value is -1.95. The molecule has 0 spiro atoms. The molecule has 1 amide bonds. The quantitative estimate of drug-likeness (QED) is 0.859. The van der Waals surface area contributed by atoms with Gasteiger partial charge in [-0.05, 0) is 37.5 Å². The number of amides is 1. The average Bonchev–Trinajstić information content (AvgIpc) is 3.06. The Kier molecular flexibility index (Phi) is 4.91. The van der Waals surface area contributed by atoms with E-state index >= 15 is 0 Å². The Balaban J connectivity index is 1.65. The molecule has 0 aliphatic heterocycles. The molecular formula is C17H24N4O2. The molecule has 1 aromatic carbocycles. The number of ether oxygens (including phenoxy) is 1. The summed E-state index contributed by atoms with van der Waals surface area (Å²) >= 11 is 0. The summed E-state index contributed by atoms with van der Waals surface area (Å²) in [5.74, 6) is -0.0834. The van der Waals surface area contributed by atoms with Gasteiger partial charge in [0.2, 0.25) is 0 Å². The lowest BCUT2D eigenvalue weighted by molar-refractivity contribution is -0.0669. The van der Waals surface area contributed by atoms with Crippen molar-refractivity contribution in [2.24, 2.45) is 0 Å². The highest BCUT2D eigenvalue weighted by molar-refractivity contribution is 5.97. The van der Waals surface area contributed by atoms with Crippen molar-refractivity contribution in [3.63, 3.8) is 0 Å². The molecule has 1 heterocycles. The molecule has 0 saturated heterocycles. The first-order valence-corrected chi connectivity index (χ1v) is 8.45. The first kappa shape index (κ1) is 15.9. The molecule has 1 fully saturated rings. The Labute approximate surface area is 136 Å². The van der Waals surface area contributed by atoms with Crippen LogP contribution in [-0.2, 0) is 4.74 Å². The van der Waals surface area contributed by atoms with E-state index in [-0.39, 0.29) is 11.5 Å². The number of H-pyrrole nitrogens is 1. The third-order valence-electron chi connectivity index (χ3n) is 4.53. The van der Waals surface area contributed by atoms with E-state index < -0.39 is 0 Å². The summed E-state index contributed by atoms with van der Waals surface area (Å²) < 4.78 is 6.12.